The lowest BCUT2D eigenvalue weighted by molar-refractivity contribution is -0.127. The normalized spacial score (nSPS) is 28.7. The SMILES string of the molecule is CN1C[C@H]2COC[C@@H](C1)[C@H]2OC(=O)N1CCc2ccccc2[C@@H]1c1ccc(F)cc1. The lowest BCUT2D eigenvalue weighted by atomic mass is 9.85. The maximum atomic E-state index is 13.6. The Balaban J connectivity index is 1.43. The Kier molecular flexibility index (Phi) is 5.21. The number of hydrogen-bond donors (Lipinski definition) is 0. The van der Waals surface area contributed by atoms with Crippen LogP contribution in [0.3, 0.4) is 0 Å². The molecule has 5 rings (SSSR count). The van der Waals surface area contributed by atoms with Crippen LogP contribution in [0.25, 0.3) is 0 Å². The first kappa shape index (κ1) is 19.5. The molecule has 3 heterocycles. The highest BCUT2D eigenvalue weighted by molar-refractivity contribution is 5.70. The van der Waals surface area contributed by atoms with E-state index in [1.165, 1.54) is 17.7 Å². The van der Waals surface area contributed by atoms with Crippen LogP contribution < -0.4 is 0 Å². The summed E-state index contributed by atoms with van der Waals surface area (Å²) >= 11 is 0. The van der Waals surface area contributed by atoms with Crippen molar-refractivity contribution in [3.05, 3.63) is 71.0 Å². The van der Waals surface area contributed by atoms with Crippen LogP contribution in [-0.2, 0) is 15.9 Å². The number of amides is 1. The number of benzene rings is 2. The van der Waals surface area contributed by atoms with Crippen molar-refractivity contribution in [1.82, 2.24) is 9.80 Å². The van der Waals surface area contributed by atoms with E-state index in [-0.39, 0.29) is 35.9 Å². The Labute approximate surface area is 176 Å². The van der Waals surface area contributed by atoms with Gasteiger partial charge in [0.1, 0.15) is 11.9 Å². The third-order valence-electron chi connectivity index (χ3n) is 6.63. The molecule has 0 aliphatic carbocycles. The Morgan fingerprint density at radius 2 is 1.77 bits per heavy atom. The van der Waals surface area contributed by atoms with Gasteiger partial charge in [-0.3, -0.25) is 4.90 Å². The number of piperidine rings is 1. The second-order valence-electron chi connectivity index (χ2n) is 8.72. The molecular weight excluding hydrogens is 383 g/mol. The van der Waals surface area contributed by atoms with Crippen LogP contribution in [0.1, 0.15) is 22.7 Å². The van der Waals surface area contributed by atoms with E-state index >= 15 is 0 Å². The standard InChI is InChI=1S/C24H27FN2O3/c1-26-12-18-14-29-15-19(13-26)23(18)30-24(28)27-11-10-16-4-2-3-5-21(16)22(27)17-6-8-20(25)9-7-17/h2-9,18-19,22-23H,10-15H2,1H3/t18-,19+,22-,23-/m0/s1. The van der Waals surface area contributed by atoms with Crippen LogP contribution >= 0.6 is 0 Å². The molecule has 2 fully saturated rings. The van der Waals surface area contributed by atoms with Gasteiger partial charge in [0.2, 0.25) is 0 Å². The van der Waals surface area contributed by atoms with Crippen molar-refractivity contribution in [2.45, 2.75) is 18.6 Å². The van der Waals surface area contributed by atoms with E-state index in [0.29, 0.717) is 19.8 Å². The van der Waals surface area contributed by atoms with Gasteiger partial charge in [-0.1, -0.05) is 36.4 Å². The summed E-state index contributed by atoms with van der Waals surface area (Å²) in [5.74, 6) is 0.122. The lowest BCUT2D eigenvalue weighted by Gasteiger charge is -2.46. The van der Waals surface area contributed by atoms with Crippen LogP contribution in [0.15, 0.2) is 48.5 Å². The molecule has 0 spiro atoms. The summed E-state index contributed by atoms with van der Waals surface area (Å²) in [5, 5.41) is 0. The first-order valence-corrected chi connectivity index (χ1v) is 10.7. The first-order valence-electron chi connectivity index (χ1n) is 10.7. The van der Waals surface area contributed by atoms with Crippen molar-refractivity contribution >= 4 is 6.09 Å². The molecule has 0 unspecified atom stereocenters. The van der Waals surface area contributed by atoms with Crippen molar-refractivity contribution in [2.24, 2.45) is 11.8 Å². The van der Waals surface area contributed by atoms with Crippen LogP contribution in [0.5, 0.6) is 0 Å². The van der Waals surface area contributed by atoms with Crippen LogP contribution in [-0.4, -0.2) is 61.9 Å². The van der Waals surface area contributed by atoms with Crippen LogP contribution in [0, 0.1) is 17.7 Å². The summed E-state index contributed by atoms with van der Waals surface area (Å²) < 4.78 is 25.4. The Morgan fingerprint density at radius 3 is 2.50 bits per heavy atom. The zero-order valence-electron chi connectivity index (χ0n) is 17.2. The molecular formula is C24H27FN2O3. The number of nitrogens with zero attached hydrogens (tertiary/aromatic N) is 2. The van der Waals surface area contributed by atoms with Crippen LogP contribution in [0.4, 0.5) is 9.18 Å². The molecule has 2 saturated heterocycles. The van der Waals surface area contributed by atoms with Gasteiger partial charge >= 0.3 is 6.09 Å². The number of ether oxygens (including phenoxy) is 2. The van der Waals surface area contributed by atoms with E-state index in [4.69, 9.17) is 9.47 Å². The minimum absolute atomic E-state index is 0.117. The number of hydrogen-bond acceptors (Lipinski definition) is 4. The average Bonchev–Trinajstić information content (AvgIpc) is 2.74. The summed E-state index contributed by atoms with van der Waals surface area (Å²) in [6, 6.07) is 14.3. The molecule has 2 bridgehead atoms. The number of fused-ring (bicyclic) bond motifs is 3. The van der Waals surface area contributed by atoms with E-state index < -0.39 is 0 Å². The van der Waals surface area contributed by atoms with E-state index in [1.807, 2.05) is 17.0 Å². The summed E-state index contributed by atoms with van der Waals surface area (Å²) in [6.45, 7) is 3.58. The highest BCUT2D eigenvalue weighted by Crippen LogP contribution is 2.37. The molecule has 0 radical (unpaired) electrons. The quantitative estimate of drug-likeness (QED) is 0.760. The summed E-state index contributed by atoms with van der Waals surface area (Å²) in [7, 11) is 2.11. The van der Waals surface area contributed by atoms with E-state index in [2.05, 4.69) is 24.1 Å². The van der Waals surface area contributed by atoms with Crippen molar-refractivity contribution in [3.8, 4) is 0 Å². The zero-order valence-corrected chi connectivity index (χ0v) is 17.2. The van der Waals surface area contributed by atoms with Gasteiger partial charge < -0.3 is 14.4 Å². The smallest absolute Gasteiger partial charge is 0.410 e. The van der Waals surface area contributed by atoms with Gasteiger partial charge in [-0.2, -0.15) is 0 Å². The molecule has 0 saturated carbocycles. The molecule has 0 aromatic heterocycles. The van der Waals surface area contributed by atoms with Gasteiger partial charge in [0.25, 0.3) is 0 Å². The third kappa shape index (κ3) is 3.59. The summed E-state index contributed by atoms with van der Waals surface area (Å²) in [6.07, 6.45) is 0.380. The Bertz CT molecular complexity index is 905. The molecule has 5 nitrogen and oxygen atoms in total. The lowest BCUT2D eigenvalue weighted by Crippen LogP contribution is -2.56. The monoisotopic (exact) mass is 410 g/mol. The second kappa shape index (κ2) is 8.00. The third-order valence-corrected chi connectivity index (χ3v) is 6.63. The zero-order chi connectivity index (χ0) is 20.7. The predicted molar refractivity (Wildman–Crippen MR) is 111 cm³/mol. The molecule has 2 aromatic carbocycles. The van der Waals surface area contributed by atoms with Gasteiger partial charge in [0.05, 0.1) is 19.3 Å². The fraction of sp³-hybridized carbons (Fsp3) is 0.458. The largest absolute Gasteiger partial charge is 0.445 e. The molecule has 4 atom stereocenters. The second-order valence-corrected chi connectivity index (χ2v) is 8.72. The van der Waals surface area contributed by atoms with Crippen molar-refractivity contribution in [3.63, 3.8) is 0 Å². The topological polar surface area (TPSA) is 42.0 Å². The molecule has 0 N–H and O–H groups in total. The minimum Gasteiger partial charge on any atom is -0.445 e. The minimum atomic E-state index is -0.287. The number of carbonyl (C=O) groups excluding carboxylic acids is 1. The molecule has 3 aliphatic heterocycles. The molecule has 158 valence electrons. The van der Waals surface area contributed by atoms with Crippen molar-refractivity contribution < 1.29 is 18.7 Å². The van der Waals surface area contributed by atoms with Gasteiger partial charge in [0, 0.05) is 31.5 Å². The predicted octanol–water partition coefficient (Wildman–Crippen LogP) is 3.49. The van der Waals surface area contributed by atoms with Gasteiger partial charge in [0.15, 0.2) is 0 Å². The number of halogens is 1. The fourth-order valence-electron chi connectivity index (χ4n) is 5.28. The first-order chi connectivity index (χ1) is 14.6. The molecule has 2 aromatic rings. The fourth-order valence-corrected chi connectivity index (χ4v) is 5.28. The molecule has 3 aliphatic rings. The van der Waals surface area contributed by atoms with Gasteiger partial charge in [-0.25, -0.2) is 9.18 Å². The highest BCUT2D eigenvalue weighted by Gasteiger charge is 2.43. The summed E-state index contributed by atoms with van der Waals surface area (Å²) in [5.41, 5.74) is 3.20. The number of rotatable bonds is 2. The molecule has 30 heavy (non-hydrogen) atoms. The Morgan fingerprint density at radius 1 is 1.07 bits per heavy atom. The molecule has 6 heteroatoms. The number of likely N-dealkylation sites (tertiary alicyclic amines) is 1. The van der Waals surface area contributed by atoms with Crippen LogP contribution in [0.2, 0.25) is 0 Å². The Hall–Kier alpha value is -2.44. The van der Waals surface area contributed by atoms with E-state index in [0.717, 1.165) is 30.6 Å². The number of carbonyl (C=O) groups is 1. The molecule has 1 amide bonds. The maximum Gasteiger partial charge on any atom is 0.410 e. The van der Waals surface area contributed by atoms with Crippen molar-refractivity contribution in [1.29, 1.82) is 0 Å². The van der Waals surface area contributed by atoms with Gasteiger partial charge in [-0.15, -0.1) is 0 Å². The summed E-state index contributed by atoms with van der Waals surface area (Å²) in [4.78, 5) is 17.5. The van der Waals surface area contributed by atoms with Crippen molar-refractivity contribution in [2.75, 3.05) is 39.9 Å². The highest BCUT2D eigenvalue weighted by atomic mass is 19.1. The van der Waals surface area contributed by atoms with Gasteiger partial charge in [-0.05, 0) is 42.3 Å². The van der Waals surface area contributed by atoms with E-state index in [1.54, 1.807) is 12.1 Å². The van der Waals surface area contributed by atoms with E-state index in [9.17, 15) is 9.18 Å². The maximum absolute atomic E-state index is 13.6. The average molecular weight is 410 g/mol.